The highest BCUT2D eigenvalue weighted by atomic mass is 31.1. The van der Waals surface area contributed by atoms with Crippen LogP contribution in [0.25, 0.3) is 0 Å². The number of rotatable bonds is 9. The number of ether oxygens (including phenoxy) is 3. The van der Waals surface area contributed by atoms with Gasteiger partial charge >= 0.3 is 0 Å². The zero-order chi connectivity index (χ0) is 18.2. The third-order valence-electron chi connectivity index (χ3n) is 4.40. The molecule has 1 aromatic rings. The topological polar surface area (TPSA) is 71.1 Å². The van der Waals surface area contributed by atoms with Crippen LogP contribution < -0.4 is 9.47 Å². The first-order valence-electron chi connectivity index (χ1n) is 8.64. The van der Waals surface area contributed by atoms with Crippen molar-refractivity contribution in [2.45, 2.75) is 45.3 Å². The average Bonchev–Trinajstić information content (AvgIpc) is 2.65. The second kappa shape index (κ2) is 9.95. The Morgan fingerprint density at radius 2 is 1.76 bits per heavy atom. The molecule has 2 rings (SSSR count). The Hall–Kier alpha value is -1.36. The lowest BCUT2D eigenvalue weighted by Crippen LogP contribution is -2.19. The fraction of sp³-hybridized carbons (Fsp3) is 0.611. The maximum absolute atomic E-state index is 12.5. The van der Waals surface area contributed by atoms with Crippen LogP contribution in [0.4, 0.5) is 0 Å². The van der Waals surface area contributed by atoms with Crippen molar-refractivity contribution in [3.63, 3.8) is 0 Å². The monoisotopic (exact) mass is 370 g/mol. The van der Waals surface area contributed by atoms with Gasteiger partial charge in [0.05, 0.1) is 20.8 Å². The maximum Gasteiger partial charge on any atom is 0.262 e. The van der Waals surface area contributed by atoms with E-state index >= 15 is 0 Å². The molecule has 7 heteroatoms. The maximum atomic E-state index is 12.5. The van der Waals surface area contributed by atoms with Gasteiger partial charge in [-0.1, -0.05) is 25.3 Å². The van der Waals surface area contributed by atoms with Crippen LogP contribution in [0.3, 0.4) is 0 Å². The first-order chi connectivity index (χ1) is 12.1. The molecule has 1 aliphatic rings. The molecule has 0 heterocycles. The largest absolute Gasteiger partial charge is 0.496 e. The molecule has 1 aliphatic carbocycles. The van der Waals surface area contributed by atoms with Gasteiger partial charge in [0.2, 0.25) is 0 Å². The molecule has 0 N–H and O–H groups in total. The molecule has 6 nitrogen and oxygen atoms in total. The Morgan fingerprint density at radius 1 is 1.16 bits per heavy atom. The molecule has 0 aromatic heterocycles. The van der Waals surface area contributed by atoms with E-state index in [-0.39, 0.29) is 5.56 Å². The van der Waals surface area contributed by atoms with E-state index in [1.165, 1.54) is 33.5 Å². The summed E-state index contributed by atoms with van der Waals surface area (Å²) >= 11 is 0. The van der Waals surface area contributed by atoms with Gasteiger partial charge in [-0.2, -0.15) is 0 Å². The van der Waals surface area contributed by atoms with Crippen molar-refractivity contribution in [1.29, 1.82) is 0 Å². The van der Waals surface area contributed by atoms with Gasteiger partial charge in [0.1, 0.15) is 17.1 Å². The van der Waals surface area contributed by atoms with Crippen molar-refractivity contribution in [2.75, 3.05) is 20.8 Å². The van der Waals surface area contributed by atoms with Gasteiger partial charge in [-0.25, -0.2) is 0 Å². The van der Waals surface area contributed by atoms with Crippen LogP contribution >= 0.6 is 8.03 Å². The summed E-state index contributed by atoms with van der Waals surface area (Å²) in [6.45, 7) is 2.24. The molecular formula is C18H27O6P. The van der Waals surface area contributed by atoms with Crippen LogP contribution in [0, 0.1) is 5.92 Å². The standard InChI is InChI=1S/C18H27O6P/c1-13(23-12-14-8-5-4-6-9-14)24-25(20)18(19)17-15(21-2)10-7-11-16(17)22-3/h7,10-11,13-14,25H,4-6,8-9,12H2,1-3H3. The second-order valence-electron chi connectivity index (χ2n) is 6.18. The van der Waals surface area contributed by atoms with Crippen molar-refractivity contribution >= 4 is 13.6 Å². The number of carbonyl (C=O) groups excluding carboxylic acids is 1. The molecule has 2 atom stereocenters. The molecule has 0 spiro atoms. The molecule has 2 unspecified atom stereocenters. The summed E-state index contributed by atoms with van der Waals surface area (Å²) in [5.41, 5.74) is -0.497. The molecule has 0 saturated heterocycles. The zero-order valence-corrected chi connectivity index (χ0v) is 16.1. The van der Waals surface area contributed by atoms with E-state index in [0.717, 1.165) is 12.8 Å². The summed E-state index contributed by atoms with van der Waals surface area (Å²) < 4.78 is 33.7. The van der Waals surface area contributed by atoms with Gasteiger partial charge in [-0.15, -0.1) is 0 Å². The number of hydrogen-bond donors (Lipinski definition) is 0. The van der Waals surface area contributed by atoms with Gasteiger partial charge in [0.15, 0.2) is 6.29 Å². The minimum Gasteiger partial charge on any atom is -0.496 e. The third-order valence-corrected chi connectivity index (χ3v) is 5.57. The van der Waals surface area contributed by atoms with Gasteiger partial charge in [0.25, 0.3) is 13.6 Å². The molecule has 0 amide bonds. The molecule has 0 radical (unpaired) electrons. The van der Waals surface area contributed by atoms with E-state index in [4.69, 9.17) is 18.7 Å². The summed E-state index contributed by atoms with van der Waals surface area (Å²) in [5, 5.41) is 0. The summed E-state index contributed by atoms with van der Waals surface area (Å²) in [7, 11) is -0.120. The van der Waals surface area contributed by atoms with E-state index in [1.807, 2.05) is 0 Å². The molecule has 0 bridgehead atoms. The first kappa shape index (κ1) is 20.0. The first-order valence-corrected chi connectivity index (χ1v) is 9.96. The van der Waals surface area contributed by atoms with E-state index in [9.17, 15) is 9.36 Å². The van der Waals surface area contributed by atoms with E-state index in [2.05, 4.69) is 0 Å². The van der Waals surface area contributed by atoms with Gasteiger partial charge < -0.3 is 14.2 Å². The lowest BCUT2D eigenvalue weighted by Gasteiger charge is -2.23. The Balaban J connectivity index is 1.94. The molecule has 0 aliphatic heterocycles. The Labute approximate surface area is 149 Å². The van der Waals surface area contributed by atoms with Gasteiger partial charge in [0, 0.05) is 0 Å². The predicted octanol–water partition coefficient (Wildman–Crippen LogP) is 4.28. The Bertz CT molecular complexity index is 575. The van der Waals surface area contributed by atoms with Crippen LogP contribution in [-0.2, 0) is 13.8 Å². The van der Waals surface area contributed by atoms with Crippen molar-refractivity contribution in [1.82, 2.24) is 0 Å². The van der Waals surface area contributed by atoms with Gasteiger partial charge in [-0.05, 0) is 37.8 Å². The highest BCUT2D eigenvalue weighted by Crippen LogP contribution is 2.38. The smallest absolute Gasteiger partial charge is 0.262 e. The summed E-state index contributed by atoms with van der Waals surface area (Å²) in [5.74, 6) is 1.14. The predicted molar refractivity (Wildman–Crippen MR) is 96.0 cm³/mol. The summed E-state index contributed by atoms with van der Waals surface area (Å²) in [4.78, 5) is 12.5. The number of hydrogen-bond acceptors (Lipinski definition) is 6. The van der Waals surface area contributed by atoms with Crippen LogP contribution in [0.2, 0.25) is 0 Å². The number of carbonyl (C=O) groups is 1. The van der Waals surface area contributed by atoms with Crippen molar-refractivity contribution < 1.29 is 28.1 Å². The fourth-order valence-corrected chi connectivity index (χ4v) is 3.97. The van der Waals surface area contributed by atoms with Gasteiger partial charge in [-0.3, -0.25) is 13.9 Å². The zero-order valence-electron chi connectivity index (χ0n) is 15.1. The van der Waals surface area contributed by atoms with E-state index < -0.39 is 19.8 Å². The van der Waals surface area contributed by atoms with Crippen molar-refractivity contribution in [3.8, 4) is 11.5 Å². The Morgan fingerprint density at radius 3 is 2.32 bits per heavy atom. The highest BCUT2D eigenvalue weighted by Gasteiger charge is 2.25. The minimum atomic E-state index is -3.01. The number of methoxy groups -OCH3 is 2. The molecule has 1 fully saturated rings. The van der Waals surface area contributed by atoms with Crippen LogP contribution in [0.15, 0.2) is 18.2 Å². The Kier molecular flexibility index (Phi) is 7.94. The SMILES string of the molecule is COc1cccc(OC)c1C(=O)[PH](=O)OC(C)OCC1CCCCC1. The summed E-state index contributed by atoms with van der Waals surface area (Å²) in [6, 6.07) is 4.93. The average molecular weight is 370 g/mol. The normalized spacial score (nSPS) is 17.7. The summed E-state index contributed by atoms with van der Waals surface area (Å²) in [6.07, 6.45) is 5.35. The molecule has 140 valence electrons. The van der Waals surface area contributed by atoms with Crippen LogP contribution in [0.5, 0.6) is 11.5 Å². The third kappa shape index (κ3) is 5.56. The van der Waals surface area contributed by atoms with E-state index in [0.29, 0.717) is 24.0 Å². The molecule has 1 saturated carbocycles. The quantitative estimate of drug-likeness (QED) is 0.477. The lowest BCUT2D eigenvalue weighted by atomic mass is 9.90. The molecular weight excluding hydrogens is 343 g/mol. The highest BCUT2D eigenvalue weighted by molar-refractivity contribution is 7.60. The van der Waals surface area contributed by atoms with E-state index in [1.54, 1.807) is 25.1 Å². The lowest BCUT2D eigenvalue weighted by molar-refractivity contribution is -0.0776. The van der Waals surface area contributed by atoms with Crippen LogP contribution in [0.1, 0.15) is 49.4 Å². The minimum absolute atomic E-state index is 0.135. The number of benzene rings is 1. The van der Waals surface area contributed by atoms with Crippen molar-refractivity contribution in [3.05, 3.63) is 23.8 Å². The molecule has 25 heavy (non-hydrogen) atoms. The fourth-order valence-electron chi connectivity index (χ4n) is 3.04. The van der Waals surface area contributed by atoms with Crippen LogP contribution in [-0.4, -0.2) is 32.6 Å². The molecule has 1 aromatic carbocycles. The van der Waals surface area contributed by atoms with Crippen molar-refractivity contribution in [2.24, 2.45) is 5.92 Å². The second-order valence-corrected chi connectivity index (χ2v) is 7.44.